The van der Waals surface area contributed by atoms with E-state index in [9.17, 15) is 18.4 Å². The second-order valence-electron chi connectivity index (χ2n) is 8.13. The van der Waals surface area contributed by atoms with Crippen molar-refractivity contribution in [1.82, 2.24) is 20.1 Å². The van der Waals surface area contributed by atoms with Crippen LogP contribution in [0.3, 0.4) is 0 Å². The lowest BCUT2D eigenvalue weighted by molar-refractivity contribution is -0.137. The Hall–Kier alpha value is -3.87. The second-order valence-corrected chi connectivity index (χ2v) is 8.13. The summed E-state index contributed by atoms with van der Waals surface area (Å²) in [6.07, 6.45) is -4.55. The van der Waals surface area contributed by atoms with E-state index in [0.29, 0.717) is 11.2 Å². The van der Waals surface area contributed by atoms with Crippen LogP contribution in [0.15, 0.2) is 34.9 Å². The molecule has 1 aromatic carbocycles. The van der Waals surface area contributed by atoms with Crippen molar-refractivity contribution in [3.63, 3.8) is 0 Å². The van der Waals surface area contributed by atoms with Crippen LogP contribution in [0.1, 0.15) is 37.6 Å². The van der Waals surface area contributed by atoms with E-state index in [0.717, 1.165) is 6.07 Å². The molecule has 0 atom stereocenters. The van der Waals surface area contributed by atoms with Gasteiger partial charge in [-0.05, 0) is 6.07 Å². The number of pyridine rings is 1. The lowest BCUT2D eigenvalue weighted by Gasteiger charge is -2.13. The van der Waals surface area contributed by atoms with Crippen LogP contribution in [0.2, 0.25) is 0 Å². The Morgan fingerprint density at radius 3 is 2.47 bits per heavy atom. The zero-order valence-electron chi connectivity index (χ0n) is 17.6. The molecule has 0 amide bonds. The van der Waals surface area contributed by atoms with Gasteiger partial charge >= 0.3 is 6.18 Å². The normalized spacial score (nSPS) is 12.2. The summed E-state index contributed by atoms with van der Waals surface area (Å²) in [6.45, 7) is 5.68. The molecule has 10 heteroatoms. The minimum Gasteiger partial charge on any atom is -0.494 e. The van der Waals surface area contributed by atoms with Gasteiger partial charge in [-0.3, -0.25) is 0 Å². The number of imidazole rings is 1. The summed E-state index contributed by atoms with van der Waals surface area (Å²) >= 11 is 0. The van der Waals surface area contributed by atoms with Crippen LogP contribution in [0.25, 0.3) is 34.0 Å². The first-order valence-corrected chi connectivity index (χ1v) is 9.56. The number of alkyl halides is 3. The van der Waals surface area contributed by atoms with Crippen LogP contribution >= 0.6 is 0 Å². The van der Waals surface area contributed by atoms with Gasteiger partial charge in [-0.25, -0.2) is 9.97 Å². The molecular formula is C22H18F3N5O2. The van der Waals surface area contributed by atoms with Crippen molar-refractivity contribution >= 4 is 11.2 Å². The number of methoxy groups -OCH3 is 1. The Bertz CT molecular complexity index is 1360. The van der Waals surface area contributed by atoms with Gasteiger partial charge in [0.1, 0.15) is 28.6 Å². The van der Waals surface area contributed by atoms with Gasteiger partial charge in [-0.2, -0.15) is 18.4 Å². The molecule has 0 unspecified atom stereocenters. The first-order chi connectivity index (χ1) is 15.0. The van der Waals surface area contributed by atoms with Gasteiger partial charge in [0.05, 0.1) is 18.4 Å². The lowest BCUT2D eigenvalue weighted by Crippen LogP contribution is -2.13. The van der Waals surface area contributed by atoms with Gasteiger partial charge in [0.2, 0.25) is 5.76 Å². The maximum atomic E-state index is 13.5. The van der Waals surface area contributed by atoms with E-state index >= 15 is 0 Å². The molecule has 32 heavy (non-hydrogen) atoms. The molecule has 0 bridgehead atoms. The first kappa shape index (κ1) is 21.4. The molecule has 0 saturated carbocycles. The SMILES string of the molecule is COc1cc(-c2ccccc2C(F)(F)F)nc2nc(-c3onc(C(C)(C)C)c3C#N)[nH]c12. The number of hydrogen-bond donors (Lipinski definition) is 1. The van der Waals surface area contributed by atoms with E-state index in [1.807, 2.05) is 20.8 Å². The summed E-state index contributed by atoms with van der Waals surface area (Å²) in [7, 11) is 1.39. The van der Waals surface area contributed by atoms with Crippen LogP contribution in [0.5, 0.6) is 5.75 Å². The van der Waals surface area contributed by atoms with Crippen molar-refractivity contribution in [2.45, 2.75) is 32.4 Å². The summed E-state index contributed by atoms with van der Waals surface area (Å²) in [5, 5.41) is 13.7. The predicted octanol–water partition coefficient (Wildman–Crippen LogP) is 5.48. The van der Waals surface area contributed by atoms with E-state index in [-0.39, 0.29) is 39.8 Å². The molecule has 0 aliphatic heterocycles. The van der Waals surface area contributed by atoms with Gasteiger partial charge in [-0.15, -0.1) is 0 Å². The van der Waals surface area contributed by atoms with Crippen LogP contribution in [-0.2, 0) is 11.6 Å². The smallest absolute Gasteiger partial charge is 0.417 e. The van der Waals surface area contributed by atoms with Crippen molar-refractivity contribution in [2.24, 2.45) is 0 Å². The topological polar surface area (TPSA) is 101 Å². The number of halogens is 3. The third-order valence-electron chi connectivity index (χ3n) is 4.88. The number of nitrogens with zero attached hydrogens (tertiary/aromatic N) is 4. The number of H-pyrrole nitrogens is 1. The number of benzene rings is 1. The number of nitriles is 1. The fourth-order valence-electron chi connectivity index (χ4n) is 3.39. The molecule has 0 aliphatic rings. The largest absolute Gasteiger partial charge is 0.494 e. The van der Waals surface area contributed by atoms with E-state index in [4.69, 9.17) is 9.26 Å². The molecule has 4 rings (SSSR count). The molecule has 0 radical (unpaired) electrons. The zero-order valence-corrected chi connectivity index (χ0v) is 17.6. The van der Waals surface area contributed by atoms with E-state index < -0.39 is 17.2 Å². The van der Waals surface area contributed by atoms with Crippen LogP contribution < -0.4 is 4.74 Å². The molecule has 7 nitrogen and oxygen atoms in total. The number of hydrogen-bond acceptors (Lipinski definition) is 6. The molecule has 0 spiro atoms. The maximum absolute atomic E-state index is 13.5. The van der Waals surface area contributed by atoms with Crippen LogP contribution in [-0.4, -0.2) is 27.2 Å². The van der Waals surface area contributed by atoms with Gasteiger partial charge in [0, 0.05) is 17.0 Å². The minimum atomic E-state index is -4.55. The Balaban J connectivity index is 1.92. The standard InChI is InChI=1S/C22H18F3N5O2/c1-21(2,3)18-12(10-26)17(32-30-18)20-28-16-15(31-4)9-14(27-19(16)29-20)11-7-5-6-8-13(11)22(23,24)25/h5-9H,1-4H3,(H,27,28,29). The number of aromatic amines is 1. The molecular weight excluding hydrogens is 423 g/mol. The molecule has 0 saturated heterocycles. The second kappa shape index (κ2) is 7.37. The molecule has 1 N–H and O–H groups in total. The number of nitrogens with one attached hydrogen (secondary N) is 1. The van der Waals surface area contributed by atoms with Crippen molar-refractivity contribution in [3.8, 4) is 34.7 Å². The van der Waals surface area contributed by atoms with Gasteiger partial charge in [-0.1, -0.05) is 44.1 Å². The maximum Gasteiger partial charge on any atom is 0.417 e. The first-order valence-electron chi connectivity index (χ1n) is 9.56. The molecule has 3 aromatic heterocycles. The summed E-state index contributed by atoms with van der Waals surface area (Å²) in [6, 6.07) is 8.64. The zero-order chi connectivity index (χ0) is 23.3. The number of aromatic nitrogens is 4. The highest BCUT2D eigenvalue weighted by molar-refractivity contribution is 5.85. The Labute approximate surface area is 180 Å². The van der Waals surface area contributed by atoms with Crippen molar-refractivity contribution in [1.29, 1.82) is 5.26 Å². The molecule has 4 aromatic rings. The number of ether oxygens (including phenoxy) is 1. The Morgan fingerprint density at radius 2 is 1.84 bits per heavy atom. The molecule has 0 aliphatic carbocycles. The molecule has 0 fully saturated rings. The van der Waals surface area contributed by atoms with Crippen molar-refractivity contribution in [2.75, 3.05) is 7.11 Å². The fourth-order valence-corrected chi connectivity index (χ4v) is 3.39. The number of rotatable bonds is 3. The molecule has 3 heterocycles. The lowest BCUT2D eigenvalue weighted by atomic mass is 9.89. The average Bonchev–Trinajstić information content (AvgIpc) is 3.35. The summed E-state index contributed by atoms with van der Waals surface area (Å²) in [5.41, 5.74) is -0.151. The minimum absolute atomic E-state index is 0.0498. The van der Waals surface area contributed by atoms with Crippen molar-refractivity contribution in [3.05, 3.63) is 47.2 Å². The fraction of sp³-hybridized carbons (Fsp3) is 0.273. The highest BCUT2D eigenvalue weighted by Crippen LogP contribution is 2.39. The summed E-state index contributed by atoms with van der Waals surface area (Å²) in [5.74, 6) is 0.538. The Kier molecular flexibility index (Phi) is 4.92. The highest BCUT2D eigenvalue weighted by atomic mass is 19.4. The monoisotopic (exact) mass is 441 g/mol. The van der Waals surface area contributed by atoms with Gasteiger partial charge in [0.15, 0.2) is 11.5 Å². The average molecular weight is 441 g/mol. The van der Waals surface area contributed by atoms with E-state index in [1.165, 1.54) is 31.4 Å². The predicted molar refractivity (Wildman–Crippen MR) is 110 cm³/mol. The van der Waals surface area contributed by atoms with E-state index in [2.05, 4.69) is 26.2 Å². The quantitative estimate of drug-likeness (QED) is 0.452. The van der Waals surface area contributed by atoms with Crippen molar-refractivity contribution < 1.29 is 22.4 Å². The van der Waals surface area contributed by atoms with Gasteiger partial charge < -0.3 is 14.2 Å². The van der Waals surface area contributed by atoms with Gasteiger partial charge in [0.25, 0.3) is 0 Å². The summed E-state index contributed by atoms with van der Waals surface area (Å²) < 4.78 is 51.3. The highest BCUT2D eigenvalue weighted by Gasteiger charge is 2.34. The molecule has 164 valence electrons. The number of fused-ring (bicyclic) bond motifs is 1. The Morgan fingerprint density at radius 1 is 1.12 bits per heavy atom. The van der Waals surface area contributed by atoms with Crippen LogP contribution in [0, 0.1) is 11.3 Å². The summed E-state index contributed by atoms with van der Waals surface area (Å²) in [4.78, 5) is 11.7. The third kappa shape index (κ3) is 3.56. The third-order valence-corrected chi connectivity index (χ3v) is 4.88. The van der Waals surface area contributed by atoms with Crippen LogP contribution in [0.4, 0.5) is 13.2 Å². The van der Waals surface area contributed by atoms with E-state index in [1.54, 1.807) is 0 Å².